The van der Waals surface area contributed by atoms with E-state index in [2.05, 4.69) is 9.97 Å². The van der Waals surface area contributed by atoms with Crippen LogP contribution in [0.5, 0.6) is 5.75 Å². The molecular weight excluding hydrogens is 365 g/mol. The van der Waals surface area contributed by atoms with Gasteiger partial charge < -0.3 is 14.9 Å². The summed E-state index contributed by atoms with van der Waals surface area (Å²) in [7, 11) is 0. The Hall–Kier alpha value is -2.70. The van der Waals surface area contributed by atoms with E-state index in [0.29, 0.717) is 27.1 Å². The second-order valence-corrected chi connectivity index (χ2v) is 5.91. The van der Waals surface area contributed by atoms with E-state index in [1.54, 1.807) is 42.6 Å². The summed E-state index contributed by atoms with van der Waals surface area (Å²) in [4.78, 5) is 18.1. The smallest absolute Gasteiger partial charge is 0.363 e. The van der Waals surface area contributed by atoms with Gasteiger partial charge in [0.25, 0.3) is 0 Å². The SMILES string of the molecule is O=[N+]([O-])c1ccc(-c2cc(OCc3ccc(Cl)cc3Cl)ccn2)cn1. The van der Waals surface area contributed by atoms with Crippen LogP contribution >= 0.6 is 23.2 Å². The van der Waals surface area contributed by atoms with Crippen molar-refractivity contribution >= 4 is 29.0 Å². The molecule has 2 aromatic heterocycles. The summed E-state index contributed by atoms with van der Waals surface area (Å²) < 4.78 is 5.74. The number of nitro groups is 1. The van der Waals surface area contributed by atoms with E-state index in [4.69, 9.17) is 27.9 Å². The van der Waals surface area contributed by atoms with Crippen LogP contribution in [0.4, 0.5) is 5.82 Å². The maximum absolute atomic E-state index is 10.7. The highest BCUT2D eigenvalue weighted by Gasteiger charge is 2.09. The minimum atomic E-state index is -0.549. The molecule has 3 aromatic rings. The van der Waals surface area contributed by atoms with Crippen LogP contribution in [-0.4, -0.2) is 14.9 Å². The average Bonchev–Trinajstić information content (AvgIpc) is 2.61. The van der Waals surface area contributed by atoms with Gasteiger partial charge in [0.15, 0.2) is 0 Å². The van der Waals surface area contributed by atoms with E-state index >= 15 is 0 Å². The molecule has 0 aliphatic carbocycles. The van der Waals surface area contributed by atoms with Crippen molar-refractivity contribution < 1.29 is 9.66 Å². The summed E-state index contributed by atoms with van der Waals surface area (Å²) in [5.41, 5.74) is 2.06. The summed E-state index contributed by atoms with van der Waals surface area (Å²) in [6, 6.07) is 11.6. The molecule has 0 unspecified atom stereocenters. The molecule has 2 heterocycles. The third-order valence-corrected chi connectivity index (χ3v) is 3.96. The first-order valence-corrected chi connectivity index (χ1v) is 7.92. The number of aromatic nitrogens is 2. The minimum Gasteiger partial charge on any atom is -0.489 e. The molecule has 8 heteroatoms. The Morgan fingerprint density at radius 2 is 1.92 bits per heavy atom. The lowest BCUT2D eigenvalue weighted by molar-refractivity contribution is -0.389. The maximum Gasteiger partial charge on any atom is 0.363 e. The molecular formula is C17H11Cl2N3O3. The number of halogens is 2. The molecule has 0 N–H and O–H groups in total. The van der Waals surface area contributed by atoms with E-state index in [1.807, 2.05) is 0 Å². The molecule has 0 saturated heterocycles. The van der Waals surface area contributed by atoms with Crippen molar-refractivity contribution in [3.05, 3.63) is 80.6 Å². The molecule has 0 fully saturated rings. The van der Waals surface area contributed by atoms with Gasteiger partial charge in [0.05, 0.1) is 5.69 Å². The Labute approximate surface area is 153 Å². The summed E-state index contributed by atoms with van der Waals surface area (Å²) in [6.07, 6.45) is 3.00. The van der Waals surface area contributed by atoms with Crippen molar-refractivity contribution in [1.29, 1.82) is 0 Å². The summed E-state index contributed by atoms with van der Waals surface area (Å²) >= 11 is 12.0. The Bertz CT molecular complexity index is 917. The third-order valence-electron chi connectivity index (χ3n) is 3.37. The number of rotatable bonds is 5. The van der Waals surface area contributed by atoms with Crippen LogP contribution < -0.4 is 4.74 Å². The van der Waals surface area contributed by atoms with Gasteiger partial charge in [0, 0.05) is 39.5 Å². The molecule has 25 heavy (non-hydrogen) atoms. The predicted molar refractivity (Wildman–Crippen MR) is 94.9 cm³/mol. The highest BCUT2D eigenvalue weighted by Crippen LogP contribution is 2.25. The van der Waals surface area contributed by atoms with Gasteiger partial charge in [-0.15, -0.1) is 0 Å². The largest absolute Gasteiger partial charge is 0.489 e. The Morgan fingerprint density at radius 1 is 1.08 bits per heavy atom. The predicted octanol–water partition coefficient (Wildman–Crippen LogP) is 4.94. The molecule has 0 amide bonds. The molecule has 0 aliphatic rings. The topological polar surface area (TPSA) is 78.2 Å². The summed E-state index contributed by atoms with van der Waals surface area (Å²) in [5, 5.41) is 11.7. The van der Waals surface area contributed by atoms with Gasteiger partial charge in [-0.3, -0.25) is 4.98 Å². The number of nitrogens with zero attached hydrogens (tertiary/aromatic N) is 3. The summed E-state index contributed by atoms with van der Waals surface area (Å²) in [5.74, 6) is 0.378. The molecule has 0 radical (unpaired) electrons. The number of pyridine rings is 2. The number of hydrogen-bond acceptors (Lipinski definition) is 5. The van der Waals surface area contributed by atoms with Gasteiger partial charge in [-0.25, -0.2) is 0 Å². The van der Waals surface area contributed by atoms with Crippen LogP contribution in [0.15, 0.2) is 54.9 Å². The van der Waals surface area contributed by atoms with Crippen LogP contribution in [0.3, 0.4) is 0 Å². The Morgan fingerprint density at radius 3 is 2.60 bits per heavy atom. The lowest BCUT2D eigenvalue weighted by Gasteiger charge is -2.09. The minimum absolute atomic E-state index is 0.214. The van der Waals surface area contributed by atoms with Crippen molar-refractivity contribution in [1.82, 2.24) is 9.97 Å². The van der Waals surface area contributed by atoms with E-state index in [0.717, 1.165) is 5.56 Å². The van der Waals surface area contributed by atoms with E-state index in [9.17, 15) is 10.1 Å². The van der Waals surface area contributed by atoms with Crippen LogP contribution in [0.2, 0.25) is 10.0 Å². The quantitative estimate of drug-likeness (QED) is 0.466. The molecule has 0 atom stereocenters. The van der Waals surface area contributed by atoms with Crippen molar-refractivity contribution in [2.75, 3.05) is 0 Å². The van der Waals surface area contributed by atoms with E-state index in [1.165, 1.54) is 12.3 Å². The number of benzene rings is 1. The lowest BCUT2D eigenvalue weighted by Crippen LogP contribution is -1.97. The van der Waals surface area contributed by atoms with Crippen LogP contribution in [-0.2, 0) is 6.61 Å². The second kappa shape index (κ2) is 7.46. The van der Waals surface area contributed by atoms with Gasteiger partial charge in [0.2, 0.25) is 0 Å². The zero-order chi connectivity index (χ0) is 17.8. The monoisotopic (exact) mass is 375 g/mol. The average molecular weight is 376 g/mol. The molecule has 126 valence electrons. The van der Waals surface area contributed by atoms with Gasteiger partial charge in [0.1, 0.15) is 18.6 Å². The fourth-order valence-corrected chi connectivity index (χ4v) is 2.57. The molecule has 6 nitrogen and oxygen atoms in total. The fraction of sp³-hybridized carbons (Fsp3) is 0.0588. The Kier molecular flexibility index (Phi) is 5.11. The summed E-state index contributed by atoms with van der Waals surface area (Å²) in [6.45, 7) is 0.276. The van der Waals surface area contributed by atoms with Gasteiger partial charge in [-0.05, 0) is 34.2 Å². The molecule has 0 aliphatic heterocycles. The van der Waals surface area contributed by atoms with Crippen LogP contribution in [0.25, 0.3) is 11.3 Å². The lowest BCUT2D eigenvalue weighted by atomic mass is 10.2. The van der Waals surface area contributed by atoms with E-state index < -0.39 is 4.92 Å². The molecule has 0 bridgehead atoms. The molecule has 0 spiro atoms. The highest BCUT2D eigenvalue weighted by atomic mass is 35.5. The first kappa shape index (κ1) is 17.1. The van der Waals surface area contributed by atoms with E-state index in [-0.39, 0.29) is 12.4 Å². The Balaban J connectivity index is 1.76. The fourth-order valence-electron chi connectivity index (χ4n) is 2.10. The zero-order valence-corrected chi connectivity index (χ0v) is 14.2. The van der Waals surface area contributed by atoms with Crippen LogP contribution in [0, 0.1) is 10.1 Å². The van der Waals surface area contributed by atoms with Gasteiger partial charge in [-0.2, -0.15) is 0 Å². The first-order chi connectivity index (χ1) is 12.0. The van der Waals surface area contributed by atoms with Gasteiger partial charge in [-0.1, -0.05) is 29.3 Å². The molecule has 1 aromatic carbocycles. The number of ether oxygens (including phenoxy) is 1. The van der Waals surface area contributed by atoms with Crippen molar-refractivity contribution in [2.24, 2.45) is 0 Å². The standard InChI is InChI=1S/C17H11Cl2N3O3/c18-13-3-1-12(15(19)7-13)10-25-14-5-6-20-16(8-14)11-2-4-17(21-9-11)22(23)24/h1-9H,10H2. The number of hydrogen-bond donors (Lipinski definition) is 0. The van der Waals surface area contributed by atoms with Gasteiger partial charge >= 0.3 is 5.82 Å². The second-order valence-electron chi connectivity index (χ2n) is 5.06. The van der Waals surface area contributed by atoms with Crippen LogP contribution in [0.1, 0.15) is 5.56 Å². The molecule has 3 rings (SSSR count). The normalized spacial score (nSPS) is 10.5. The zero-order valence-electron chi connectivity index (χ0n) is 12.7. The highest BCUT2D eigenvalue weighted by molar-refractivity contribution is 6.35. The van der Waals surface area contributed by atoms with Crippen molar-refractivity contribution in [3.63, 3.8) is 0 Å². The first-order valence-electron chi connectivity index (χ1n) is 7.16. The van der Waals surface area contributed by atoms with Crippen molar-refractivity contribution in [3.8, 4) is 17.0 Å². The maximum atomic E-state index is 10.7. The molecule has 0 saturated carbocycles. The third kappa shape index (κ3) is 4.23. The van der Waals surface area contributed by atoms with Crippen molar-refractivity contribution in [2.45, 2.75) is 6.61 Å².